The molecule has 0 aliphatic heterocycles. The van der Waals surface area contributed by atoms with Crippen molar-refractivity contribution in [2.24, 2.45) is 0 Å². The Balaban J connectivity index is 0.00000155. The SMILES string of the molecule is CC.COc1ccc(S(=O)(=O)Nc2nc(-c3cccc([N+](=O)[O-])c3)cs2)cc1OC. The Morgan fingerprint density at radius 3 is 2.40 bits per heavy atom. The van der Waals surface area contributed by atoms with E-state index in [1.54, 1.807) is 17.5 Å². The number of nitrogens with one attached hydrogen (secondary N) is 1. The summed E-state index contributed by atoms with van der Waals surface area (Å²) in [5.41, 5.74) is 0.874. The van der Waals surface area contributed by atoms with E-state index in [1.165, 1.54) is 44.6 Å². The Hall–Kier alpha value is -3.18. The number of nitrogens with zero attached hydrogens (tertiary/aromatic N) is 2. The van der Waals surface area contributed by atoms with Gasteiger partial charge in [-0.1, -0.05) is 26.0 Å². The lowest BCUT2D eigenvalue weighted by Crippen LogP contribution is -2.13. The third-order valence-electron chi connectivity index (χ3n) is 3.74. The molecule has 0 amide bonds. The molecule has 3 rings (SSSR count). The van der Waals surface area contributed by atoms with Crippen LogP contribution in [0.1, 0.15) is 13.8 Å². The largest absolute Gasteiger partial charge is 0.493 e. The van der Waals surface area contributed by atoms with Gasteiger partial charge in [-0.05, 0) is 12.1 Å². The third-order valence-corrected chi connectivity index (χ3v) is 5.97. The average Bonchev–Trinajstić information content (AvgIpc) is 3.22. The number of hydrogen-bond donors (Lipinski definition) is 1. The molecule has 0 saturated heterocycles. The van der Waals surface area contributed by atoms with Gasteiger partial charge in [0.05, 0.1) is 29.7 Å². The van der Waals surface area contributed by atoms with Crippen molar-refractivity contribution >= 4 is 32.2 Å². The van der Waals surface area contributed by atoms with Gasteiger partial charge in [-0.25, -0.2) is 13.4 Å². The van der Waals surface area contributed by atoms with Gasteiger partial charge in [-0.15, -0.1) is 11.3 Å². The second-order valence-corrected chi connectivity index (χ2v) is 8.01. The maximum Gasteiger partial charge on any atom is 0.270 e. The van der Waals surface area contributed by atoms with Crippen molar-refractivity contribution in [3.05, 3.63) is 58.0 Å². The second kappa shape index (κ2) is 10.0. The molecule has 0 atom stereocenters. The fourth-order valence-electron chi connectivity index (χ4n) is 2.39. The summed E-state index contributed by atoms with van der Waals surface area (Å²) in [7, 11) is -1.04. The monoisotopic (exact) mass is 451 g/mol. The fourth-order valence-corrected chi connectivity index (χ4v) is 4.38. The zero-order valence-electron chi connectivity index (χ0n) is 16.8. The van der Waals surface area contributed by atoms with Crippen LogP contribution in [0.15, 0.2) is 52.7 Å². The van der Waals surface area contributed by atoms with E-state index in [0.717, 1.165) is 11.3 Å². The molecular formula is C19H21N3O6S2. The Labute approximate surface area is 178 Å². The van der Waals surface area contributed by atoms with Crippen molar-refractivity contribution in [1.82, 2.24) is 4.98 Å². The van der Waals surface area contributed by atoms with Gasteiger partial charge < -0.3 is 9.47 Å². The fraction of sp³-hybridized carbons (Fsp3) is 0.211. The first-order chi connectivity index (χ1) is 14.3. The predicted octanol–water partition coefficient (Wildman–Crippen LogP) is 4.56. The standard InChI is InChI=1S/C17H15N3O6S2.C2H6/c1-25-15-7-6-13(9-16(15)26-2)28(23,24)19-17-18-14(10-27-17)11-4-3-5-12(8-11)20(21)22;1-2/h3-10H,1-2H3,(H,18,19);1-2H3. The van der Waals surface area contributed by atoms with Crippen molar-refractivity contribution in [3.8, 4) is 22.8 Å². The van der Waals surface area contributed by atoms with Crippen LogP contribution in [0, 0.1) is 10.1 Å². The third kappa shape index (κ3) is 5.24. The van der Waals surface area contributed by atoms with Gasteiger partial charge in [0.1, 0.15) is 0 Å². The molecule has 0 bridgehead atoms. The summed E-state index contributed by atoms with van der Waals surface area (Å²) in [6, 6.07) is 10.2. The highest BCUT2D eigenvalue weighted by atomic mass is 32.2. The minimum absolute atomic E-state index is 0.0164. The van der Waals surface area contributed by atoms with Crippen LogP contribution in [0.2, 0.25) is 0 Å². The van der Waals surface area contributed by atoms with Crippen molar-refractivity contribution in [2.75, 3.05) is 18.9 Å². The van der Waals surface area contributed by atoms with Crippen LogP contribution >= 0.6 is 11.3 Å². The van der Waals surface area contributed by atoms with Crippen molar-refractivity contribution in [3.63, 3.8) is 0 Å². The number of sulfonamides is 1. The Morgan fingerprint density at radius 1 is 1.07 bits per heavy atom. The number of aromatic nitrogens is 1. The lowest BCUT2D eigenvalue weighted by molar-refractivity contribution is -0.384. The van der Waals surface area contributed by atoms with Gasteiger partial charge in [-0.2, -0.15) is 0 Å². The quantitative estimate of drug-likeness (QED) is 0.413. The van der Waals surface area contributed by atoms with Gasteiger partial charge in [0.2, 0.25) is 0 Å². The van der Waals surface area contributed by atoms with Crippen LogP contribution in [0.5, 0.6) is 11.5 Å². The zero-order valence-corrected chi connectivity index (χ0v) is 18.4. The molecule has 0 aliphatic rings. The lowest BCUT2D eigenvalue weighted by atomic mass is 10.1. The minimum atomic E-state index is -3.91. The number of thiazole rings is 1. The highest BCUT2D eigenvalue weighted by molar-refractivity contribution is 7.93. The van der Waals surface area contributed by atoms with Crippen molar-refractivity contribution in [2.45, 2.75) is 18.7 Å². The molecule has 0 saturated carbocycles. The maximum absolute atomic E-state index is 12.6. The van der Waals surface area contributed by atoms with Crippen LogP contribution in [0.3, 0.4) is 0 Å². The minimum Gasteiger partial charge on any atom is -0.493 e. The molecule has 3 aromatic rings. The van der Waals surface area contributed by atoms with E-state index < -0.39 is 14.9 Å². The number of methoxy groups -OCH3 is 2. The van der Waals surface area contributed by atoms with Gasteiger partial charge >= 0.3 is 0 Å². The average molecular weight is 452 g/mol. The molecule has 11 heteroatoms. The Morgan fingerprint density at radius 2 is 1.77 bits per heavy atom. The smallest absolute Gasteiger partial charge is 0.270 e. The van der Waals surface area contributed by atoms with E-state index >= 15 is 0 Å². The van der Waals surface area contributed by atoms with E-state index in [2.05, 4.69) is 9.71 Å². The number of anilines is 1. The topological polar surface area (TPSA) is 121 Å². The molecule has 0 radical (unpaired) electrons. The number of hydrogen-bond acceptors (Lipinski definition) is 8. The van der Waals surface area contributed by atoms with Crippen molar-refractivity contribution < 1.29 is 22.8 Å². The molecule has 30 heavy (non-hydrogen) atoms. The van der Waals surface area contributed by atoms with E-state index in [0.29, 0.717) is 17.0 Å². The summed E-state index contributed by atoms with van der Waals surface area (Å²) < 4.78 is 37.9. The van der Waals surface area contributed by atoms with Gasteiger partial charge in [0.25, 0.3) is 15.7 Å². The van der Waals surface area contributed by atoms with Crippen LogP contribution in [0.25, 0.3) is 11.3 Å². The first-order valence-corrected chi connectivity index (χ1v) is 11.2. The molecule has 2 aromatic carbocycles. The highest BCUT2D eigenvalue weighted by Gasteiger charge is 2.19. The molecule has 1 aromatic heterocycles. The first kappa shape index (κ1) is 23.1. The molecule has 0 unspecified atom stereocenters. The molecule has 0 aliphatic carbocycles. The van der Waals surface area contributed by atoms with Crippen LogP contribution in [-0.2, 0) is 10.0 Å². The second-order valence-electron chi connectivity index (χ2n) is 5.47. The van der Waals surface area contributed by atoms with E-state index in [-0.39, 0.29) is 21.5 Å². The summed E-state index contributed by atoms with van der Waals surface area (Å²) in [5, 5.41) is 12.7. The molecule has 1 heterocycles. The Kier molecular flexibility index (Phi) is 7.72. The summed E-state index contributed by atoms with van der Waals surface area (Å²) in [4.78, 5) is 14.6. The van der Waals surface area contributed by atoms with E-state index in [1.807, 2.05) is 13.8 Å². The number of non-ortho nitro benzene ring substituents is 1. The number of ether oxygens (including phenoxy) is 2. The Bertz CT molecular complexity index is 1130. The summed E-state index contributed by atoms with van der Waals surface area (Å²) >= 11 is 1.07. The molecule has 1 N–H and O–H groups in total. The molecular weight excluding hydrogens is 430 g/mol. The van der Waals surface area contributed by atoms with Gasteiger partial charge in [0, 0.05) is 29.1 Å². The number of benzene rings is 2. The van der Waals surface area contributed by atoms with Crippen molar-refractivity contribution in [1.29, 1.82) is 0 Å². The van der Waals surface area contributed by atoms with Crippen LogP contribution < -0.4 is 14.2 Å². The van der Waals surface area contributed by atoms with E-state index in [4.69, 9.17) is 9.47 Å². The summed E-state index contributed by atoms with van der Waals surface area (Å²) in [6.07, 6.45) is 0. The van der Waals surface area contributed by atoms with E-state index in [9.17, 15) is 18.5 Å². The first-order valence-electron chi connectivity index (χ1n) is 8.79. The molecule has 0 spiro atoms. The van der Waals surface area contributed by atoms with Gasteiger partial charge in [0.15, 0.2) is 16.6 Å². The number of nitro benzene ring substituents is 1. The molecule has 0 fully saturated rings. The molecule has 9 nitrogen and oxygen atoms in total. The maximum atomic E-state index is 12.6. The van der Waals surface area contributed by atoms with Gasteiger partial charge in [-0.3, -0.25) is 14.8 Å². The number of nitro groups is 1. The lowest BCUT2D eigenvalue weighted by Gasteiger charge is -2.10. The highest BCUT2D eigenvalue weighted by Crippen LogP contribution is 2.32. The zero-order chi connectivity index (χ0) is 22.3. The number of rotatable bonds is 7. The van der Waals surface area contributed by atoms with Crippen LogP contribution in [-0.4, -0.2) is 32.5 Å². The molecule has 160 valence electrons. The summed E-state index contributed by atoms with van der Waals surface area (Å²) in [6.45, 7) is 4.00. The summed E-state index contributed by atoms with van der Waals surface area (Å²) in [5.74, 6) is 0.686. The van der Waals surface area contributed by atoms with Crippen LogP contribution in [0.4, 0.5) is 10.8 Å². The predicted molar refractivity (Wildman–Crippen MR) is 116 cm³/mol. The normalized spacial score (nSPS) is 10.5.